The third-order valence-corrected chi connectivity index (χ3v) is 2.94. The standard InChI is InChI=1S/C10H13F3N4O3/c11-10(12,13)8-7(9(18)19)14-15-17(8)2-1-16-3-5-20-6-4-16/h1-6H2,(H,18,19). The molecule has 0 spiro atoms. The number of hydrogen-bond donors (Lipinski definition) is 1. The molecule has 0 aliphatic carbocycles. The first-order valence-electron chi connectivity index (χ1n) is 5.93. The lowest BCUT2D eigenvalue weighted by Gasteiger charge is -2.26. The molecule has 1 aromatic rings. The van der Waals surface area contributed by atoms with Crippen LogP contribution in [0.25, 0.3) is 0 Å². The summed E-state index contributed by atoms with van der Waals surface area (Å²) in [5.74, 6) is -1.74. The van der Waals surface area contributed by atoms with Crippen molar-refractivity contribution in [1.82, 2.24) is 19.9 Å². The second-order valence-electron chi connectivity index (χ2n) is 4.27. The molecule has 0 radical (unpaired) electrons. The van der Waals surface area contributed by atoms with Gasteiger partial charge in [-0.25, -0.2) is 9.48 Å². The monoisotopic (exact) mass is 294 g/mol. The van der Waals surface area contributed by atoms with Gasteiger partial charge in [-0.2, -0.15) is 13.2 Å². The quantitative estimate of drug-likeness (QED) is 0.862. The van der Waals surface area contributed by atoms with Crippen LogP contribution in [0.1, 0.15) is 16.2 Å². The van der Waals surface area contributed by atoms with E-state index in [0.29, 0.717) is 37.5 Å². The molecule has 2 rings (SSSR count). The Kier molecular flexibility index (Phi) is 4.23. The summed E-state index contributed by atoms with van der Waals surface area (Å²) in [7, 11) is 0. The van der Waals surface area contributed by atoms with Crippen molar-refractivity contribution in [2.45, 2.75) is 12.7 Å². The molecule has 1 fully saturated rings. The normalized spacial score (nSPS) is 17.4. The fourth-order valence-corrected chi connectivity index (χ4v) is 1.96. The van der Waals surface area contributed by atoms with E-state index in [0.717, 1.165) is 0 Å². The molecule has 0 amide bonds. The van der Waals surface area contributed by atoms with Gasteiger partial charge in [0.2, 0.25) is 5.69 Å². The summed E-state index contributed by atoms with van der Waals surface area (Å²) in [6.07, 6.45) is -4.80. The first kappa shape index (κ1) is 14.7. The minimum Gasteiger partial charge on any atom is -0.476 e. The average molecular weight is 294 g/mol. The molecule has 0 unspecified atom stereocenters. The Morgan fingerprint density at radius 1 is 1.30 bits per heavy atom. The topological polar surface area (TPSA) is 80.5 Å². The molecule has 2 heterocycles. The summed E-state index contributed by atoms with van der Waals surface area (Å²) < 4.78 is 44.3. The highest BCUT2D eigenvalue weighted by Crippen LogP contribution is 2.31. The molecule has 10 heteroatoms. The van der Waals surface area contributed by atoms with E-state index in [1.165, 1.54) is 0 Å². The Hall–Kier alpha value is -1.68. The van der Waals surface area contributed by atoms with Gasteiger partial charge < -0.3 is 9.84 Å². The maximum Gasteiger partial charge on any atom is 0.435 e. The van der Waals surface area contributed by atoms with Gasteiger partial charge in [0.1, 0.15) is 0 Å². The number of carboxylic acid groups (broad SMARTS) is 1. The van der Waals surface area contributed by atoms with Crippen LogP contribution >= 0.6 is 0 Å². The molecule has 112 valence electrons. The van der Waals surface area contributed by atoms with Crippen molar-refractivity contribution in [2.24, 2.45) is 0 Å². The highest BCUT2D eigenvalue weighted by atomic mass is 19.4. The lowest BCUT2D eigenvalue weighted by Crippen LogP contribution is -2.38. The number of carbonyl (C=O) groups is 1. The number of aromatic nitrogens is 3. The number of aromatic carboxylic acids is 1. The number of halogens is 3. The van der Waals surface area contributed by atoms with Gasteiger partial charge in [-0.3, -0.25) is 4.90 Å². The second kappa shape index (κ2) is 5.75. The Bertz CT molecular complexity index is 483. The summed E-state index contributed by atoms with van der Waals surface area (Å²) in [5, 5.41) is 15.1. The largest absolute Gasteiger partial charge is 0.476 e. The van der Waals surface area contributed by atoms with Crippen molar-refractivity contribution < 1.29 is 27.8 Å². The van der Waals surface area contributed by atoms with Gasteiger partial charge in [-0.1, -0.05) is 5.21 Å². The molecule has 0 aromatic carbocycles. The molecule has 7 nitrogen and oxygen atoms in total. The van der Waals surface area contributed by atoms with Gasteiger partial charge in [0.15, 0.2) is 5.69 Å². The maximum atomic E-state index is 12.9. The van der Waals surface area contributed by atoms with E-state index in [2.05, 4.69) is 10.3 Å². The van der Waals surface area contributed by atoms with E-state index in [9.17, 15) is 18.0 Å². The summed E-state index contributed by atoms with van der Waals surface area (Å²) in [6, 6.07) is 0. The van der Waals surface area contributed by atoms with Crippen LogP contribution in [-0.4, -0.2) is 63.8 Å². The third kappa shape index (κ3) is 3.25. The van der Waals surface area contributed by atoms with Crippen LogP contribution in [0.15, 0.2) is 0 Å². The minimum atomic E-state index is -4.80. The van der Waals surface area contributed by atoms with Crippen LogP contribution in [0.4, 0.5) is 13.2 Å². The zero-order valence-electron chi connectivity index (χ0n) is 10.4. The molecule has 0 saturated carbocycles. The number of rotatable bonds is 4. The number of alkyl halides is 3. The SMILES string of the molecule is O=C(O)c1nnn(CCN2CCOCC2)c1C(F)(F)F. The predicted molar refractivity (Wildman–Crippen MR) is 59.2 cm³/mol. The fourth-order valence-electron chi connectivity index (χ4n) is 1.96. The van der Waals surface area contributed by atoms with Crippen molar-refractivity contribution in [3.63, 3.8) is 0 Å². The Balaban J connectivity index is 2.12. The fraction of sp³-hybridized carbons (Fsp3) is 0.700. The van der Waals surface area contributed by atoms with Crippen molar-refractivity contribution in [2.75, 3.05) is 32.8 Å². The van der Waals surface area contributed by atoms with Crippen LogP contribution in [0, 0.1) is 0 Å². The second-order valence-corrected chi connectivity index (χ2v) is 4.27. The number of morpholine rings is 1. The molecule has 0 bridgehead atoms. The Morgan fingerprint density at radius 3 is 2.50 bits per heavy atom. The number of nitrogens with zero attached hydrogens (tertiary/aromatic N) is 4. The molecular formula is C10H13F3N4O3. The van der Waals surface area contributed by atoms with E-state index in [4.69, 9.17) is 9.84 Å². The van der Waals surface area contributed by atoms with Crippen molar-refractivity contribution in [3.05, 3.63) is 11.4 Å². The van der Waals surface area contributed by atoms with Crippen LogP contribution in [-0.2, 0) is 17.5 Å². The smallest absolute Gasteiger partial charge is 0.435 e. The van der Waals surface area contributed by atoms with Crippen molar-refractivity contribution in [3.8, 4) is 0 Å². The Morgan fingerprint density at radius 2 is 1.95 bits per heavy atom. The first-order valence-corrected chi connectivity index (χ1v) is 5.93. The van der Waals surface area contributed by atoms with E-state index < -0.39 is 23.5 Å². The highest BCUT2D eigenvalue weighted by Gasteiger charge is 2.41. The zero-order valence-corrected chi connectivity index (χ0v) is 10.4. The van der Waals surface area contributed by atoms with Gasteiger partial charge in [-0.15, -0.1) is 5.10 Å². The lowest BCUT2D eigenvalue weighted by atomic mass is 10.3. The first-order chi connectivity index (χ1) is 9.39. The zero-order chi connectivity index (χ0) is 14.8. The highest BCUT2D eigenvalue weighted by molar-refractivity contribution is 5.86. The van der Waals surface area contributed by atoms with Crippen molar-refractivity contribution >= 4 is 5.97 Å². The van der Waals surface area contributed by atoms with Crippen LogP contribution in [0.3, 0.4) is 0 Å². The minimum absolute atomic E-state index is 0.0743. The molecule has 0 atom stereocenters. The van der Waals surface area contributed by atoms with Crippen LogP contribution in [0.5, 0.6) is 0 Å². The molecule has 1 saturated heterocycles. The van der Waals surface area contributed by atoms with Crippen molar-refractivity contribution in [1.29, 1.82) is 0 Å². The summed E-state index contributed by atoms with van der Waals surface area (Å²) in [4.78, 5) is 12.7. The number of carboxylic acids is 1. The van der Waals surface area contributed by atoms with Gasteiger partial charge in [0.05, 0.1) is 19.8 Å². The molecule has 1 aromatic heterocycles. The summed E-state index contributed by atoms with van der Waals surface area (Å²) in [6.45, 7) is 2.57. The maximum absolute atomic E-state index is 12.9. The average Bonchev–Trinajstić information content (AvgIpc) is 2.81. The lowest BCUT2D eigenvalue weighted by molar-refractivity contribution is -0.144. The summed E-state index contributed by atoms with van der Waals surface area (Å²) in [5.41, 5.74) is -2.39. The molecule has 1 N–H and O–H groups in total. The van der Waals surface area contributed by atoms with E-state index in [1.54, 1.807) is 0 Å². The Labute approximate surface area is 111 Å². The van der Waals surface area contributed by atoms with E-state index in [1.807, 2.05) is 4.90 Å². The van der Waals surface area contributed by atoms with Crippen LogP contribution < -0.4 is 0 Å². The molecule has 1 aliphatic rings. The van der Waals surface area contributed by atoms with E-state index >= 15 is 0 Å². The molecule has 20 heavy (non-hydrogen) atoms. The number of ether oxygens (including phenoxy) is 1. The molecule has 1 aliphatic heterocycles. The van der Waals surface area contributed by atoms with Gasteiger partial charge in [0, 0.05) is 19.6 Å². The third-order valence-electron chi connectivity index (χ3n) is 2.94. The number of hydrogen-bond acceptors (Lipinski definition) is 5. The molecular weight excluding hydrogens is 281 g/mol. The van der Waals surface area contributed by atoms with Gasteiger partial charge in [-0.05, 0) is 0 Å². The van der Waals surface area contributed by atoms with Gasteiger partial charge >= 0.3 is 12.1 Å². The van der Waals surface area contributed by atoms with Crippen LogP contribution in [0.2, 0.25) is 0 Å². The van der Waals surface area contributed by atoms with E-state index in [-0.39, 0.29) is 6.54 Å². The predicted octanol–water partition coefficient (Wildman–Crippen LogP) is 0.327. The summed E-state index contributed by atoms with van der Waals surface area (Å²) >= 11 is 0. The van der Waals surface area contributed by atoms with Gasteiger partial charge in [0.25, 0.3) is 0 Å².